The molecule has 0 atom stereocenters. The molecule has 0 saturated carbocycles. The van der Waals surface area contributed by atoms with Crippen LogP contribution in [0.1, 0.15) is 32.6 Å². The fourth-order valence-corrected chi connectivity index (χ4v) is 2.90. The Kier molecular flexibility index (Phi) is 5.03. The molecule has 0 fully saturated rings. The minimum Gasteiger partial charge on any atom is -0.322 e. The van der Waals surface area contributed by atoms with Gasteiger partial charge in [0, 0.05) is 11.9 Å². The molecule has 0 aliphatic carbocycles. The van der Waals surface area contributed by atoms with Crippen LogP contribution in [0.15, 0.2) is 65.6 Å². The molecule has 1 amide bonds. The molecule has 0 unspecified atom stereocenters. The largest absolute Gasteiger partial charge is 0.322 e. The summed E-state index contributed by atoms with van der Waals surface area (Å²) in [6.45, 7) is 6.34. The molecule has 4 nitrogen and oxygen atoms in total. The van der Waals surface area contributed by atoms with Gasteiger partial charge in [-0.1, -0.05) is 42.0 Å². The Labute approximate surface area is 153 Å². The lowest BCUT2D eigenvalue weighted by Crippen LogP contribution is -2.29. The maximum absolute atomic E-state index is 12.7. The molecule has 26 heavy (non-hydrogen) atoms. The SMILES string of the molecule is Cc1cccc(Cn2cccc(C(=O)Nc3cc(C)ccc3C)c2=O)c1. The van der Waals surface area contributed by atoms with Crippen LogP contribution in [0.4, 0.5) is 5.69 Å². The normalized spacial score (nSPS) is 10.6. The average molecular weight is 346 g/mol. The monoisotopic (exact) mass is 346 g/mol. The second-order valence-electron chi connectivity index (χ2n) is 6.62. The predicted molar refractivity (Wildman–Crippen MR) is 105 cm³/mol. The summed E-state index contributed by atoms with van der Waals surface area (Å²) < 4.78 is 1.56. The number of nitrogens with zero attached hydrogens (tertiary/aromatic N) is 1. The number of aromatic nitrogens is 1. The number of hydrogen-bond donors (Lipinski definition) is 1. The summed E-state index contributed by atoms with van der Waals surface area (Å²) in [5.74, 6) is -0.387. The van der Waals surface area contributed by atoms with Crippen molar-refractivity contribution in [2.45, 2.75) is 27.3 Å². The first-order chi connectivity index (χ1) is 12.4. The summed E-state index contributed by atoms with van der Waals surface area (Å²) in [5.41, 5.74) is 4.75. The van der Waals surface area contributed by atoms with Crippen LogP contribution in [-0.4, -0.2) is 10.5 Å². The third kappa shape index (κ3) is 3.91. The van der Waals surface area contributed by atoms with Gasteiger partial charge in [0.05, 0.1) is 6.54 Å². The van der Waals surface area contributed by atoms with E-state index in [2.05, 4.69) is 5.32 Å². The molecule has 1 N–H and O–H groups in total. The summed E-state index contributed by atoms with van der Waals surface area (Å²) in [5, 5.41) is 2.86. The molecule has 0 spiro atoms. The quantitative estimate of drug-likeness (QED) is 0.774. The van der Waals surface area contributed by atoms with Crippen LogP contribution in [0, 0.1) is 20.8 Å². The lowest BCUT2D eigenvalue weighted by atomic mass is 10.1. The minimum atomic E-state index is -0.387. The van der Waals surface area contributed by atoms with Gasteiger partial charge < -0.3 is 9.88 Å². The molecule has 1 aromatic heterocycles. The van der Waals surface area contributed by atoms with Crippen LogP contribution < -0.4 is 10.9 Å². The number of anilines is 1. The first kappa shape index (κ1) is 17.7. The van der Waals surface area contributed by atoms with Gasteiger partial charge in [-0.05, 0) is 55.7 Å². The molecule has 0 bridgehead atoms. The molecular formula is C22H22N2O2. The number of rotatable bonds is 4. The molecule has 1 heterocycles. The number of benzene rings is 2. The Bertz CT molecular complexity index is 1020. The van der Waals surface area contributed by atoms with E-state index >= 15 is 0 Å². The van der Waals surface area contributed by atoms with E-state index in [-0.39, 0.29) is 17.0 Å². The van der Waals surface area contributed by atoms with E-state index in [4.69, 9.17) is 0 Å². The summed E-state index contributed by atoms with van der Waals surface area (Å²) in [6.07, 6.45) is 1.71. The smallest absolute Gasteiger partial charge is 0.263 e. The highest BCUT2D eigenvalue weighted by atomic mass is 16.2. The van der Waals surface area contributed by atoms with Crippen LogP contribution in [0.5, 0.6) is 0 Å². The molecular weight excluding hydrogens is 324 g/mol. The Morgan fingerprint density at radius 1 is 0.962 bits per heavy atom. The maximum Gasteiger partial charge on any atom is 0.263 e. The zero-order valence-corrected chi connectivity index (χ0v) is 15.2. The van der Waals surface area contributed by atoms with Gasteiger partial charge in [-0.15, -0.1) is 0 Å². The van der Waals surface area contributed by atoms with Gasteiger partial charge in [0.1, 0.15) is 5.56 Å². The van der Waals surface area contributed by atoms with E-state index in [1.807, 2.05) is 63.2 Å². The number of carbonyl (C=O) groups is 1. The standard InChI is InChI=1S/C22H22N2O2/c1-15-6-4-7-18(12-15)14-24-11-5-8-19(22(24)26)21(25)23-20-13-16(2)9-10-17(20)3/h4-13H,14H2,1-3H3,(H,23,25). The third-order valence-corrected chi connectivity index (χ3v) is 4.34. The zero-order valence-electron chi connectivity index (χ0n) is 15.2. The average Bonchev–Trinajstić information content (AvgIpc) is 2.60. The highest BCUT2D eigenvalue weighted by Crippen LogP contribution is 2.17. The maximum atomic E-state index is 12.7. The molecule has 2 aromatic carbocycles. The van der Waals surface area contributed by atoms with E-state index in [0.717, 1.165) is 27.9 Å². The highest BCUT2D eigenvalue weighted by molar-refractivity contribution is 6.04. The van der Waals surface area contributed by atoms with Gasteiger partial charge >= 0.3 is 0 Å². The second-order valence-corrected chi connectivity index (χ2v) is 6.62. The van der Waals surface area contributed by atoms with Crippen molar-refractivity contribution in [1.29, 1.82) is 0 Å². The molecule has 132 valence electrons. The lowest BCUT2D eigenvalue weighted by molar-refractivity contribution is 0.102. The van der Waals surface area contributed by atoms with Crippen LogP contribution in [0.2, 0.25) is 0 Å². The van der Waals surface area contributed by atoms with E-state index in [1.54, 1.807) is 22.9 Å². The van der Waals surface area contributed by atoms with Crippen LogP contribution in [0.3, 0.4) is 0 Å². The Balaban J connectivity index is 1.88. The fraction of sp³-hybridized carbons (Fsp3) is 0.182. The summed E-state index contributed by atoms with van der Waals surface area (Å²) in [7, 11) is 0. The minimum absolute atomic E-state index is 0.140. The van der Waals surface area contributed by atoms with Crippen molar-refractivity contribution in [3.63, 3.8) is 0 Å². The second kappa shape index (κ2) is 7.40. The summed E-state index contributed by atoms with van der Waals surface area (Å²) >= 11 is 0. The fourth-order valence-electron chi connectivity index (χ4n) is 2.90. The molecule has 0 aliphatic rings. The van der Waals surface area contributed by atoms with E-state index < -0.39 is 0 Å². The highest BCUT2D eigenvalue weighted by Gasteiger charge is 2.13. The van der Waals surface area contributed by atoms with Gasteiger partial charge in [0.15, 0.2) is 0 Å². The van der Waals surface area contributed by atoms with Crippen molar-refractivity contribution < 1.29 is 4.79 Å². The van der Waals surface area contributed by atoms with Crippen LogP contribution >= 0.6 is 0 Å². The lowest BCUT2D eigenvalue weighted by Gasteiger charge is -2.11. The van der Waals surface area contributed by atoms with Gasteiger partial charge in [0.2, 0.25) is 0 Å². The summed E-state index contributed by atoms with van der Waals surface area (Å²) in [4.78, 5) is 25.4. The molecule has 0 aliphatic heterocycles. The van der Waals surface area contributed by atoms with Gasteiger partial charge in [-0.3, -0.25) is 9.59 Å². The van der Waals surface area contributed by atoms with E-state index in [1.165, 1.54) is 0 Å². The van der Waals surface area contributed by atoms with Gasteiger partial charge in [-0.25, -0.2) is 0 Å². The molecule has 0 saturated heterocycles. The Morgan fingerprint density at radius 3 is 2.50 bits per heavy atom. The van der Waals surface area contributed by atoms with Crippen molar-refractivity contribution in [2.24, 2.45) is 0 Å². The van der Waals surface area contributed by atoms with Crippen LogP contribution in [0.25, 0.3) is 0 Å². The Hall–Kier alpha value is -3.14. The van der Waals surface area contributed by atoms with Gasteiger partial charge in [0.25, 0.3) is 11.5 Å². The number of nitrogens with one attached hydrogen (secondary N) is 1. The van der Waals surface area contributed by atoms with Gasteiger partial charge in [-0.2, -0.15) is 0 Å². The van der Waals surface area contributed by atoms with Crippen molar-refractivity contribution in [3.8, 4) is 0 Å². The number of amides is 1. The van der Waals surface area contributed by atoms with E-state index in [0.29, 0.717) is 6.54 Å². The number of hydrogen-bond acceptors (Lipinski definition) is 2. The van der Waals surface area contributed by atoms with Crippen molar-refractivity contribution in [1.82, 2.24) is 4.57 Å². The summed E-state index contributed by atoms with van der Waals surface area (Å²) in [6, 6.07) is 17.1. The topological polar surface area (TPSA) is 51.1 Å². The van der Waals surface area contributed by atoms with Crippen LogP contribution in [-0.2, 0) is 6.54 Å². The molecule has 4 heteroatoms. The molecule has 3 aromatic rings. The number of carbonyl (C=O) groups excluding carboxylic acids is 1. The first-order valence-corrected chi connectivity index (χ1v) is 8.57. The van der Waals surface area contributed by atoms with Crippen molar-refractivity contribution >= 4 is 11.6 Å². The van der Waals surface area contributed by atoms with Crippen molar-refractivity contribution in [3.05, 3.63) is 99.0 Å². The molecule has 0 radical (unpaired) electrons. The zero-order chi connectivity index (χ0) is 18.7. The van der Waals surface area contributed by atoms with Crippen molar-refractivity contribution in [2.75, 3.05) is 5.32 Å². The third-order valence-electron chi connectivity index (χ3n) is 4.34. The number of pyridine rings is 1. The Morgan fingerprint density at radius 2 is 1.73 bits per heavy atom. The first-order valence-electron chi connectivity index (χ1n) is 8.57. The molecule has 3 rings (SSSR count). The predicted octanol–water partition coefficient (Wildman–Crippen LogP) is 4.07. The number of aryl methyl sites for hydroxylation is 3. The van der Waals surface area contributed by atoms with E-state index in [9.17, 15) is 9.59 Å².